The summed E-state index contributed by atoms with van der Waals surface area (Å²) in [5.41, 5.74) is 4.77. The van der Waals surface area contributed by atoms with Gasteiger partial charge >= 0.3 is 5.97 Å². The Kier molecular flexibility index (Phi) is 5.96. The van der Waals surface area contributed by atoms with Crippen LogP contribution in [0.1, 0.15) is 57.7 Å². The lowest BCUT2D eigenvalue weighted by Crippen LogP contribution is -2.33. The number of ketones is 1. The zero-order valence-corrected chi connectivity index (χ0v) is 21.9. The third-order valence-corrected chi connectivity index (χ3v) is 7.35. The molecule has 180 valence electrons. The Balaban J connectivity index is 1.74. The van der Waals surface area contributed by atoms with Crippen LogP contribution in [0.3, 0.4) is 0 Å². The summed E-state index contributed by atoms with van der Waals surface area (Å²) >= 11 is 3.68. The van der Waals surface area contributed by atoms with E-state index in [1.54, 1.807) is 6.07 Å². The molecule has 0 saturated heterocycles. The number of anilines is 1. The maximum Gasteiger partial charge on any atom is 0.308 e. The molecule has 1 atom stereocenters. The Morgan fingerprint density at radius 3 is 2.63 bits per heavy atom. The second kappa shape index (κ2) is 8.83. The number of fused-ring (bicyclic) bond motifs is 4. The van der Waals surface area contributed by atoms with Gasteiger partial charge in [0, 0.05) is 34.6 Å². The van der Waals surface area contributed by atoms with Gasteiger partial charge in [0.05, 0.1) is 12.6 Å². The Bertz CT molecular complexity index is 1410. The molecule has 0 amide bonds. The minimum atomic E-state index is -0.420. The number of ether oxygens (including phenoxy) is 2. The molecule has 0 aromatic heterocycles. The molecule has 0 radical (unpaired) electrons. The molecule has 0 saturated carbocycles. The third kappa shape index (κ3) is 4.25. The van der Waals surface area contributed by atoms with Crippen LogP contribution in [0.25, 0.3) is 16.3 Å². The number of esters is 1. The summed E-state index contributed by atoms with van der Waals surface area (Å²) in [5.74, 6) is 0.554. The van der Waals surface area contributed by atoms with Gasteiger partial charge in [0.1, 0.15) is 0 Å². The van der Waals surface area contributed by atoms with E-state index < -0.39 is 5.97 Å². The number of allylic oxidation sites excluding steroid dienone is 1. The molecule has 1 heterocycles. The predicted molar refractivity (Wildman–Crippen MR) is 142 cm³/mol. The third-order valence-electron chi connectivity index (χ3n) is 6.67. The lowest BCUT2D eigenvalue weighted by molar-refractivity contribution is -0.132. The van der Waals surface area contributed by atoms with E-state index in [1.165, 1.54) is 6.92 Å². The van der Waals surface area contributed by atoms with Crippen LogP contribution >= 0.6 is 15.9 Å². The van der Waals surface area contributed by atoms with Gasteiger partial charge in [-0.2, -0.15) is 0 Å². The van der Waals surface area contributed by atoms with Gasteiger partial charge in [0.15, 0.2) is 17.3 Å². The Morgan fingerprint density at radius 2 is 1.89 bits per heavy atom. The van der Waals surface area contributed by atoms with Crippen molar-refractivity contribution >= 4 is 49.7 Å². The highest BCUT2D eigenvalue weighted by molar-refractivity contribution is 9.10. The average molecular weight is 534 g/mol. The normalized spacial score (nSPS) is 18.5. The van der Waals surface area contributed by atoms with Crippen molar-refractivity contribution in [2.75, 3.05) is 11.9 Å². The monoisotopic (exact) mass is 533 g/mol. The Labute approximate surface area is 213 Å². The molecule has 1 aliphatic carbocycles. The molecule has 3 aromatic rings. The van der Waals surface area contributed by atoms with Crippen molar-refractivity contribution < 1.29 is 19.1 Å². The van der Waals surface area contributed by atoms with Gasteiger partial charge < -0.3 is 14.8 Å². The van der Waals surface area contributed by atoms with Crippen molar-refractivity contribution in [1.82, 2.24) is 0 Å². The molecule has 5 nitrogen and oxygen atoms in total. The van der Waals surface area contributed by atoms with Gasteiger partial charge in [-0.25, -0.2) is 0 Å². The smallest absolute Gasteiger partial charge is 0.308 e. The number of Topliss-reactive ketones (excluding diaryl/α,β-unsaturated/α-hetero) is 1. The van der Waals surface area contributed by atoms with E-state index in [2.05, 4.69) is 59.4 Å². The van der Waals surface area contributed by atoms with E-state index >= 15 is 0 Å². The van der Waals surface area contributed by atoms with E-state index in [0.29, 0.717) is 24.5 Å². The fourth-order valence-corrected chi connectivity index (χ4v) is 5.90. The largest absolute Gasteiger partial charge is 0.490 e. The quantitative estimate of drug-likeness (QED) is 0.283. The van der Waals surface area contributed by atoms with Gasteiger partial charge in [0.25, 0.3) is 0 Å². The van der Waals surface area contributed by atoms with Crippen LogP contribution in [0.15, 0.2) is 58.6 Å². The van der Waals surface area contributed by atoms with Gasteiger partial charge in [0.2, 0.25) is 0 Å². The van der Waals surface area contributed by atoms with Crippen LogP contribution < -0.4 is 14.8 Å². The molecule has 3 aromatic carbocycles. The van der Waals surface area contributed by atoms with E-state index in [4.69, 9.17) is 9.47 Å². The number of benzene rings is 3. The molecular weight excluding hydrogens is 506 g/mol. The summed E-state index contributed by atoms with van der Waals surface area (Å²) in [7, 11) is 0. The van der Waals surface area contributed by atoms with E-state index in [-0.39, 0.29) is 17.2 Å². The Hall–Kier alpha value is -3.12. The molecule has 2 aliphatic rings. The van der Waals surface area contributed by atoms with Crippen LogP contribution in [0.5, 0.6) is 11.5 Å². The van der Waals surface area contributed by atoms with Gasteiger partial charge in [-0.15, -0.1) is 0 Å². The summed E-state index contributed by atoms with van der Waals surface area (Å²) in [6.45, 7) is 7.98. The van der Waals surface area contributed by atoms with Gasteiger partial charge in [-0.3, -0.25) is 9.59 Å². The lowest BCUT2D eigenvalue weighted by Gasteiger charge is -2.40. The van der Waals surface area contributed by atoms with Crippen molar-refractivity contribution in [1.29, 1.82) is 0 Å². The summed E-state index contributed by atoms with van der Waals surface area (Å²) in [6.07, 6.45) is 1.31. The molecule has 6 heteroatoms. The van der Waals surface area contributed by atoms with Crippen molar-refractivity contribution in [3.05, 3.63) is 69.7 Å². The first-order valence-electron chi connectivity index (χ1n) is 11.9. The predicted octanol–water partition coefficient (Wildman–Crippen LogP) is 7.24. The fourth-order valence-electron chi connectivity index (χ4n) is 5.35. The number of hydrogen-bond acceptors (Lipinski definition) is 5. The average Bonchev–Trinajstić information content (AvgIpc) is 2.78. The van der Waals surface area contributed by atoms with Crippen LogP contribution in [0, 0.1) is 5.41 Å². The number of rotatable bonds is 4. The minimum Gasteiger partial charge on any atom is -0.490 e. The SMILES string of the molecule is CCOc1cc([C@@H]2Nc3ccc4ccccc4c3C3=C2C(=O)CC(C)(C)C3)c(Br)cc1OC(C)=O. The van der Waals surface area contributed by atoms with Crippen molar-refractivity contribution in [2.24, 2.45) is 5.41 Å². The summed E-state index contributed by atoms with van der Waals surface area (Å²) in [6, 6.07) is 15.8. The molecule has 0 unspecified atom stereocenters. The molecule has 1 N–H and O–H groups in total. The van der Waals surface area contributed by atoms with Gasteiger partial charge in [-0.05, 0) is 58.9 Å². The molecule has 35 heavy (non-hydrogen) atoms. The van der Waals surface area contributed by atoms with Gasteiger partial charge in [-0.1, -0.05) is 60.1 Å². The highest BCUT2D eigenvalue weighted by atomic mass is 79.9. The number of nitrogens with one attached hydrogen (secondary N) is 1. The molecule has 5 rings (SSSR count). The van der Waals surface area contributed by atoms with Crippen molar-refractivity contribution in [3.63, 3.8) is 0 Å². The standard InChI is InChI=1S/C29H28BrNO4/c1-5-34-24-12-19(21(30)13-25(24)35-16(2)32)28-27-20(14-29(3,4)15-23(27)33)26-18-9-7-6-8-17(18)10-11-22(26)31-28/h6-13,28,31H,5,14-15H2,1-4H3/t28-/m0/s1. The summed E-state index contributed by atoms with van der Waals surface area (Å²) in [4.78, 5) is 25.3. The number of hydrogen-bond donors (Lipinski definition) is 1. The first-order valence-corrected chi connectivity index (χ1v) is 12.7. The zero-order chi connectivity index (χ0) is 24.9. The maximum absolute atomic E-state index is 13.7. The van der Waals surface area contributed by atoms with Crippen molar-refractivity contribution in [2.45, 2.75) is 46.6 Å². The number of halogens is 1. The first kappa shape index (κ1) is 23.6. The van der Waals surface area contributed by atoms with Crippen LogP contribution in [-0.2, 0) is 9.59 Å². The van der Waals surface area contributed by atoms with Crippen LogP contribution in [0.2, 0.25) is 0 Å². The Morgan fingerprint density at radius 1 is 1.11 bits per heavy atom. The van der Waals surface area contributed by atoms with Crippen LogP contribution in [0.4, 0.5) is 5.69 Å². The van der Waals surface area contributed by atoms with E-state index in [9.17, 15) is 9.59 Å². The summed E-state index contributed by atoms with van der Waals surface area (Å²) in [5, 5.41) is 5.96. The second-order valence-electron chi connectivity index (χ2n) is 9.97. The van der Waals surface area contributed by atoms with Crippen molar-refractivity contribution in [3.8, 4) is 11.5 Å². The van der Waals surface area contributed by atoms with Crippen LogP contribution in [-0.4, -0.2) is 18.4 Å². The van der Waals surface area contributed by atoms with E-state index in [1.807, 2.05) is 25.1 Å². The minimum absolute atomic E-state index is 0.126. The topological polar surface area (TPSA) is 64.6 Å². The molecule has 0 bridgehead atoms. The maximum atomic E-state index is 13.7. The zero-order valence-electron chi connectivity index (χ0n) is 20.3. The first-order chi connectivity index (χ1) is 16.7. The molecule has 0 fully saturated rings. The highest BCUT2D eigenvalue weighted by Gasteiger charge is 2.41. The highest BCUT2D eigenvalue weighted by Crippen LogP contribution is 2.53. The number of carbonyl (C=O) groups is 2. The lowest BCUT2D eigenvalue weighted by atomic mass is 9.68. The summed E-state index contributed by atoms with van der Waals surface area (Å²) < 4.78 is 11.9. The van der Waals surface area contributed by atoms with E-state index in [0.717, 1.165) is 49.6 Å². The fraction of sp³-hybridized carbons (Fsp3) is 0.310. The molecular formula is C29H28BrNO4. The second-order valence-corrected chi connectivity index (χ2v) is 10.8. The number of carbonyl (C=O) groups excluding carboxylic acids is 2. The molecule has 0 spiro atoms. The molecule has 1 aliphatic heterocycles.